The molecule has 0 fully saturated rings. The first-order chi connectivity index (χ1) is 13.5. The fraction of sp³-hybridized carbons (Fsp3) is 0.391. The number of carbonyl (C=O) groups is 1. The molecule has 1 atom stereocenters. The lowest BCUT2D eigenvalue weighted by Gasteiger charge is -2.24. The van der Waals surface area contributed by atoms with Crippen molar-refractivity contribution in [1.82, 2.24) is 16.5 Å². The largest absolute Gasteiger partial charge is 0.549 e. The highest BCUT2D eigenvalue weighted by Gasteiger charge is 2.27. The molecule has 2 aromatic heterocycles. The topological polar surface area (TPSA) is 102 Å². The number of pyridine rings is 1. The van der Waals surface area contributed by atoms with E-state index in [1.54, 1.807) is 11.3 Å². The summed E-state index contributed by atoms with van der Waals surface area (Å²) in [5, 5.41) is 16.7. The highest BCUT2D eigenvalue weighted by molar-refractivity contribution is 7.19. The number of aliphatic carboxylic acids is 1. The number of benzene rings is 1. The van der Waals surface area contributed by atoms with Gasteiger partial charge in [0, 0.05) is 34.4 Å². The van der Waals surface area contributed by atoms with Crippen LogP contribution in [0.15, 0.2) is 24.3 Å². The van der Waals surface area contributed by atoms with Gasteiger partial charge in [0.2, 0.25) is 0 Å². The number of rotatable bonds is 5. The SMILES string of the molecule is CCCC(C(=O)[O-])c1c(C)nc2sc3c(c2c1-c1ccc(C)cc1)CCNC3.[NH4+]. The van der Waals surface area contributed by atoms with E-state index in [0.717, 1.165) is 58.5 Å². The zero-order valence-electron chi connectivity index (χ0n) is 17.6. The van der Waals surface area contributed by atoms with Crippen molar-refractivity contribution >= 4 is 27.5 Å². The molecule has 6 heteroatoms. The number of aryl methyl sites for hydroxylation is 2. The first kappa shape index (κ1) is 21.4. The maximum Gasteiger partial charge on any atom is 0.124 e. The summed E-state index contributed by atoms with van der Waals surface area (Å²) in [7, 11) is 0. The van der Waals surface area contributed by atoms with Gasteiger partial charge >= 0.3 is 0 Å². The van der Waals surface area contributed by atoms with Crippen molar-refractivity contribution in [3.05, 3.63) is 51.5 Å². The Labute approximate surface area is 175 Å². The number of carbonyl (C=O) groups excluding carboxylic acids is 1. The molecule has 5 nitrogen and oxygen atoms in total. The third-order valence-electron chi connectivity index (χ3n) is 5.64. The third-order valence-corrected chi connectivity index (χ3v) is 6.76. The summed E-state index contributed by atoms with van der Waals surface area (Å²) < 4.78 is 0. The number of thiophene rings is 1. The molecule has 154 valence electrons. The molecule has 4 rings (SSSR count). The van der Waals surface area contributed by atoms with Crippen molar-refractivity contribution in [3.8, 4) is 11.1 Å². The number of fused-ring (bicyclic) bond motifs is 3. The molecule has 0 radical (unpaired) electrons. The number of hydrogen-bond acceptors (Lipinski definition) is 5. The average Bonchev–Trinajstić information content (AvgIpc) is 3.04. The number of hydrogen-bond donors (Lipinski definition) is 2. The predicted octanol–water partition coefficient (Wildman–Crippen LogP) is 4.24. The van der Waals surface area contributed by atoms with Gasteiger partial charge < -0.3 is 21.4 Å². The number of carboxylic acids is 1. The van der Waals surface area contributed by atoms with Gasteiger partial charge in [-0.25, -0.2) is 4.98 Å². The van der Waals surface area contributed by atoms with Gasteiger partial charge in [0.05, 0.1) is 0 Å². The standard InChI is InChI=1S/C23H26N2O2S.H3N/c1-4-5-17(23(26)27)19-14(3)25-22-21(16-10-11-24-12-18(16)28-22)20(19)15-8-6-13(2)7-9-15;/h6-9,17,24H,4-5,10-12H2,1-3H3,(H,26,27);1H3. The fourth-order valence-corrected chi connectivity index (χ4v) is 5.54. The molecular formula is C23H29N3O2S. The minimum atomic E-state index is -1.01. The van der Waals surface area contributed by atoms with Crippen LogP contribution in [0.25, 0.3) is 21.3 Å². The summed E-state index contributed by atoms with van der Waals surface area (Å²) in [6.45, 7) is 7.82. The molecule has 5 N–H and O–H groups in total. The Morgan fingerprint density at radius 3 is 2.66 bits per heavy atom. The van der Waals surface area contributed by atoms with Gasteiger partial charge in [0.15, 0.2) is 0 Å². The summed E-state index contributed by atoms with van der Waals surface area (Å²) in [6.07, 6.45) is 2.29. The van der Waals surface area contributed by atoms with E-state index < -0.39 is 11.9 Å². The van der Waals surface area contributed by atoms with Crippen LogP contribution in [0.2, 0.25) is 0 Å². The van der Waals surface area contributed by atoms with Gasteiger partial charge in [0.1, 0.15) is 4.83 Å². The van der Waals surface area contributed by atoms with Crippen LogP contribution in [0.1, 0.15) is 52.9 Å². The zero-order chi connectivity index (χ0) is 19.8. The monoisotopic (exact) mass is 411 g/mol. The summed E-state index contributed by atoms with van der Waals surface area (Å²) >= 11 is 1.73. The molecule has 3 aromatic rings. The first-order valence-corrected chi connectivity index (χ1v) is 10.8. The second-order valence-electron chi connectivity index (χ2n) is 7.62. The van der Waals surface area contributed by atoms with Crippen molar-refractivity contribution in [1.29, 1.82) is 0 Å². The average molecular weight is 412 g/mol. The van der Waals surface area contributed by atoms with E-state index in [1.165, 1.54) is 16.0 Å². The van der Waals surface area contributed by atoms with Gasteiger partial charge in [-0.1, -0.05) is 43.2 Å². The molecule has 0 bridgehead atoms. The maximum absolute atomic E-state index is 12.1. The van der Waals surface area contributed by atoms with Crippen LogP contribution in [0.3, 0.4) is 0 Å². The van der Waals surface area contributed by atoms with E-state index in [1.807, 2.05) is 13.8 Å². The lowest BCUT2D eigenvalue weighted by atomic mass is 9.84. The van der Waals surface area contributed by atoms with Gasteiger partial charge in [0.25, 0.3) is 0 Å². The Morgan fingerprint density at radius 1 is 1.28 bits per heavy atom. The second kappa shape index (κ2) is 8.61. The second-order valence-corrected chi connectivity index (χ2v) is 8.71. The van der Waals surface area contributed by atoms with Crippen molar-refractivity contribution in [2.45, 2.75) is 52.5 Å². The van der Waals surface area contributed by atoms with Crippen LogP contribution >= 0.6 is 11.3 Å². The summed E-state index contributed by atoms with van der Waals surface area (Å²) in [4.78, 5) is 19.3. The molecule has 1 aliphatic heterocycles. The van der Waals surface area contributed by atoms with Gasteiger partial charge in [-0.3, -0.25) is 0 Å². The van der Waals surface area contributed by atoms with E-state index in [4.69, 9.17) is 4.98 Å². The molecular weight excluding hydrogens is 382 g/mol. The van der Waals surface area contributed by atoms with Crippen molar-refractivity contribution in [2.75, 3.05) is 6.54 Å². The minimum absolute atomic E-state index is 0. The van der Waals surface area contributed by atoms with Crippen LogP contribution in [-0.2, 0) is 17.8 Å². The Balaban J connectivity index is 0.00000240. The van der Waals surface area contributed by atoms with Crippen LogP contribution in [-0.4, -0.2) is 17.5 Å². The quantitative estimate of drug-likeness (QED) is 0.656. The molecule has 0 saturated heterocycles. The number of carboxylic acid groups (broad SMARTS) is 1. The van der Waals surface area contributed by atoms with Crippen molar-refractivity contribution < 1.29 is 9.90 Å². The predicted molar refractivity (Wildman–Crippen MR) is 119 cm³/mol. The normalized spacial score (nSPS) is 14.3. The number of nitrogens with one attached hydrogen (secondary N) is 1. The van der Waals surface area contributed by atoms with E-state index >= 15 is 0 Å². The molecule has 1 aromatic carbocycles. The molecule has 3 heterocycles. The highest BCUT2D eigenvalue weighted by Crippen LogP contribution is 2.44. The Kier molecular flexibility index (Phi) is 6.36. The van der Waals surface area contributed by atoms with Crippen LogP contribution < -0.4 is 16.6 Å². The van der Waals surface area contributed by atoms with Gasteiger partial charge in [-0.15, -0.1) is 11.3 Å². The van der Waals surface area contributed by atoms with E-state index in [9.17, 15) is 9.90 Å². The number of aromatic nitrogens is 1. The number of quaternary nitrogens is 1. The lowest BCUT2D eigenvalue weighted by Crippen LogP contribution is -2.30. The van der Waals surface area contributed by atoms with Gasteiger partial charge in [-0.05, 0) is 55.5 Å². The van der Waals surface area contributed by atoms with E-state index in [2.05, 4.69) is 36.5 Å². The summed E-state index contributed by atoms with van der Waals surface area (Å²) in [6, 6.07) is 8.40. The lowest BCUT2D eigenvalue weighted by molar-refractivity contribution is -0.308. The molecule has 0 spiro atoms. The molecule has 0 saturated carbocycles. The van der Waals surface area contributed by atoms with Crippen molar-refractivity contribution in [2.24, 2.45) is 0 Å². The third kappa shape index (κ3) is 3.80. The molecule has 29 heavy (non-hydrogen) atoms. The fourth-order valence-electron chi connectivity index (χ4n) is 4.30. The smallest absolute Gasteiger partial charge is 0.124 e. The maximum atomic E-state index is 12.1. The molecule has 0 amide bonds. The molecule has 0 aliphatic carbocycles. The minimum Gasteiger partial charge on any atom is -0.549 e. The van der Waals surface area contributed by atoms with E-state index in [-0.39, 0.29) is 6.15 Å². The summed E-state index contributed by atoms with van der Waals surface area (Å²) in [5.41, 5.74) is 6.27. The zero-order valence-corrected chi connectivity index (χ0v) is 18.4. The summed E-state index contributed by atoms with van der Waals surface area (Å²) in [5.74, 6) is -1.65. The molecule has 1 unspecified atom stereocenters. The van der Waals surface area contributed by atoms with Crippen LogP contribution in [0.5, 0.6) is 0 Å². The molecule has 1 aliphatic rings. The van der Waals surface area contributed by atoms with Crippen LogP contribution in [0.4, 0.5) is 0 Å². The Hall–Kier alpha value is -2.28. The van der Waals surface area contributed by atoms with Gasteiger partial charge in [-0.2, -0.15) is 0 Å². The first-order valence-electron chi connectivity index (χ1n) is 9.94. The van der Waals surface area contributed by atoms with Crippen molar-refractivity contribution in [3.63, 3.8) is 0 Å². The van der Waals surface area contributed by atoms with E-state index in [0.29, 0.717) is 6.42 Å². The Morgan fingerprint density at radius 2 is 2.00 bits per heavy atom. The van der Waals surface area contributed by atoms with Crippen LogP contribution in [0, 0.1) is 13.8 Å². The Bertz CT molecular complexity index is 1040. The number of nitrogens with zero attached hydrogens (tertiary/aromatic N) is 1. The highest BCUT2D eigenvalue weighted by atomic mass is 32.1.